The van der Waals surface area contributed by atoms with Crippen LogP contribution in [0.3, 0.4) is 0 Å². The second kappa shape index (κ2) is 7.91. The molecule has 0 N–H and O–H groups in total. The normalized spacial score (nSPS) is 19.6. The molecule has 0 amide bonds. The van der Waals surface area contributed by atoms with E-state index in [1.165, 1.54) is 11.1 Å². The predicted octanol–water partition coefficient (Wildman–Crippen LogP) is 4.97. The summed E-state index contributed by atoms with van der Waals surface area (Å²) >= 11 is 3.69. The number of rotatable bonds is 6. The van der Waals surface area contributed by atoms with Gasteiger partial charge in [0.2, 0.25) is 0 Å². The van der Waals surface area contributed by atoms with E-state index in [1.54, 1.807) is 0 Å². The molecule has 0 saturated carbocycles. The fraction of sp³-hybridized carbons (Fsp3) is 0.300. The van der Waals surface area contributed by atoms with E-state index >= 15 is 0 Å². The molecule has 1 aliphatic heterocycles. The summed E-state index contributed by atoms with van der Waals surface area (Å²) in [5, 5.41) is 0. The van der Waals surface area contributed by atoms with Gasteiger partial charge in [-0.2, -0.15) is 0 Å². The molecule has 0 radical (unpaired) electrons. The van der Waals surface area contributed by atoms with Gasteiger partial charge in [0, 0.05) is 23.5 Å². The lowest BCUT2D eigenvalue weighted by molar-refractivity contribution is 0.00821. The fourth-order valence-electron chi connectivity index (χ4n) is 3.23. The predicted molar refractivity (Wildman–Crippen MR) is 98.3 cm³/mol. The summed E-state index contributed by atoms with van der Waals surface area (Å²) in [6.45, 7) is 6.62. The van der Waals surface area contributed by atoms with E-state index in [4.69, 9.17) is 4.74 Å². The molecule has 3 rings (SSSR count). The van der Waals surface area contributed by atoms with Crippen molar-refractivity contribution in [1.82, 2.24) is 4.90 Å². The Morgan fingerprint density at radius 2 is 1.91 bits per heavy atom. The van der Waals surface area contributed by atoms with Gasteiger partial charge in [-0.25, -0.2) is 0 Å². The highest BCUT2D eigenvalue weighted by molar-refractivity contribution is 9.10. The lowest BCUT2D eigenvalue weighted by Gasteiger charge is -2.30. The van der Waals surface area contributed by atoms with E-state index in [0.717, 1.165) is 30.6 Å². The van der Waals surface area contributed by atoms with E-state index in [-0.39, 0.29) is 12.1 Å². The van der Waals surface area contributed by atoms with Crippen LogP contribution in [0.25, 0.3) is 0 Å². The SMILES string of the molecule is C=CCC(c1ccccc1Br)C1OCCN1Cc1ccccc1. The van der Waals surface area contributed by atoms with Crippen LogP contribution in [0.4, 0.5) is 0 Å². The molecular weight excluding hydrogens is 350 g/mol. The third-order valence-electron chi connectivity index (χ3n) is 4.32. The first-order valence-electron chi connectivity index (χ1n) is 8.04. The van der Waals surface area contributed by atoms with E-state index < -0.39 is 0 Å². The Morgan fingerprint density at radius 1 is 1.17 bits per heavy atom. The zero-order valence-corrected chi connectivity index (χ0v) is 14.8. The summed E-state index contributed by atoms with van der Waals surface area (Å²) in [5.74, 6) is 0.286. The smallest absolute Gasteiger partial charge is 0.118 e. The van der Waals surface area contributed by atoms with Crippen LogP contribution in [0.5, 0.6) is 0 Å². The average molecular weight is 372 g/mol. The Bertz CT molecular complexity index is 643. The largest absolute Gasteiger partial charge is 0.361 e. The Hall–Kier alpha value is -1.42. The zero-order valence-electron chi connectivity index (χ0n) is 13.2. The second-order valence-electron chi connectivity index (χ2n) is 5.87. The van der Waals surface area contributed by atoms with Crippen molar-refractivity contribution >= 4 is 15.9 Å². The number of halogens is 1. The maximum Gasteiger partial charge on any atom is 0.118 e. The van der Waals surface area contributed by atoms with Crippen molar-refractivity contribution in [2.24, 2.45) is 0 Å². The molecule has 0 spiro atoms. The third kappa shape index (κ3) is 3.92. The summed E-state index contributed by atoms with van der Waals surface area (Å²) in [7, 11) is 0. The molecule has 0 bridgehead atoms. The quantitative estimate of drug-likeness (QED) is 0.664. The van der Waals surface area contributed by atoms with Crippen LogP contribution in [0.15, 0.2) is 71.7 Å². The standard InChI is InChI=1S/C20H22BrNO/c1-2-8-18(17-11-6-7-12-19(17)21)20-22(13-14-23-20)15-16-9-4-3-5-10-16/h2-7,9-12,18,20H,1,8,13-15H2. The van der Waals surface area contributed by atoms with Crippen molar-refractivity contribution in [2.75, 3.05) is 13.2 Å². The lowest BCUT2D eigenvalue weighted by atomic mass is 9.93. The van der Waals surface area contributed by atoms with Gasteiger partial charge in [0.05, 0.1) is 6.61 Å². The maximum atomic E-state index is 6.12. The number of ether oxygens (including phenoxy) is 1. The Labute approximate surface area is 146 Å². The van der Waals surface area contributed by atoms with Crippen LogP contribution < -0.4 is 0 Å². The number of allylic oxidation sites excluding steroid dienone is 1. The van der Waals surface area contributed by atoms with E-state index in [9.17, 15) is 0 Å². The van der Waals surface area contributed by atoms with E-state index in [2.05, 4.69) is 82.0 Å². The van der Waals surface area contributed by atoms with Gasteiger partial charge in [0.25, 0.3) is 0 Å². The monoisotopic (exact) mass is 371 g/mol. The molecule has 2 aromatic rings. The summed E-state index contributed by atoms with van der Waals surface area (Å²) in [5.41, 5.74) is 2.62. The molecule has 1 heterocycles. The molecule has 1 aliphatic rings. The summed E-state index contributed by atoms with van der Waals surface area (Å²) in [4.78, 5) is 2.43. The topological polar surface area (TPSA) is 12.5 Å². The van der Waals surface area contributed by atoms with Crippen molar-refractivity contribution in [3.63, 3.8) is 0 Å². The van der Waals surface area contributed by atoms with Gasteiger partial charge in [-0.15, -0.1) is 6.58 Å². The fourth-order valence-corrected chi connectivity index (χ4v) is 3.81. The van der Waals surface area contributed by atoms with Crippen LogP contribution in [-0.2, 0) is 11.3 Å². The summed E-state index contributed by atoms with van der Waals surface area (Å²) < 4.78 is 7.26. The highest BCUT2D eigenvalue weighted by Crippen LogP contribution is 2.35. The molecule has 0 aromatic heterocycles. The van der Waals surface area contributed by atoms with Gasteiger partial charge in [0.1, 0.15) is 6.23 Å². The molecule has 1 fully saturated rings. The Morgan fingerprint density at radius 3 is 2.65 bits per heavy atom. The van der Waals surface area contributed by atoms with Gasteiger partial charge in [-0.1, -0.05) is 70.5 Å². The molecule has 2 aromatic carbocycles. The molecule has 2 unspecified atom stereocenters. The highest BCUT2D eigenvalue weighted by Gasteiger charge is 2.33. The first kappa shape index (κ1) is 16.4. The van der Waals surface area contributed by atoms with Crippen molar-refractivity contribution in [3.8, 4) is 0 Å². The molecule has 2 atom stereocenters. The molecule has 120 valence electrons. The number of hydrogen-bond acceptors (Lipinski definition) is 2. The first-order valence-corrected chi connectivity index (χ1v) is 8.84. The van der Waals surface area contributed by atoms with Crippen LogP contribution in [-0.4, -0.2) is 24.3 Å². The van der Waals surface area contributed by atoms with Gasteiger partial charge >= 0.3 is 0 Å². The van der Waals surface area contributed by atoms with Crippen LogP contribution in [0.2, 0.25) is 0 Å². The van der Waals surface area contributed by atoms with Gasteiger partial charge in [0.15, 0.2) is 0 Å². The van der Waals surface area contributed by atoms with Gasteiger partial charge < -0.3 is 4.74 Å². The van der Waals surface area contributed by atoms with Crippen molar-refractivity contribution < 1.29 is 4.74 Å². The number of hydrogen-bond donors (Lipinski definition) is 0. The van der Waals surface area contributed by atoms with Crippen molar-refractivity contribution in [3.05, 3.63) is 82.9 Å². The molecule has 23 heavy (non-hydrogen) atoms. The van der Waals surface area contributed by atoms with Crippen molar-refractivity contribution in [1.29, 1.82) is 0 Å². The van der Waals surface area contributed by atoms with Crippen LogP contribution in [0, 0.1) is 0 Å². The van der Waals surface area contributed by atoms with Gasteiger partial charge in [-0.3, -0.25) is 4.90 Å². The van der Waals surface area contributed by atoms with E-state index in [1.807, 2.05) is 6.08 Å². The average Bonchev–Trinajstić information content (AvgIpc) is 3.02. The Kier molecular flexibility index (Phi) is 5.65. The van der Waals surface area contributed by atoms with Gasteiger partial charge in [-0.05, 0) is 23.6 Å². The van der Waals surface area contributed by atoms with Crippen molar-refractivity contribution in [2.45, 2.75) is 25.1 Å². The molecule has 3 heteroatoms. The molecule has 0 aliphatic carbocycles. The maximum absolute atomic E-state index is 6.12. The van der Waals surface area contributed by atoms with Crippen LogP contribution >= 0.6 is 15.9 Å². The summed E-state index contributed by atoms with van der Waals surface area (Å²) in [6, 6.07) is 19.0. The third-order valence-corrected chi connectivity index (χ3v) is 5.05. The number of benzene rings is 2. The molecular formula is C20H22BrNO. The molecule has 2 nitrogen and oxygen atoms in total. The highest BCUT2D eigenvalue weighted by atomic mass is 79.9. The summed E-state index contributed by atoms with van der Waals surface area (Å²) in [6.07, 6.45) is 2.98. The zero-order chi connectivity index (χ0) is 16.1. The number of nitrogens with zero attached hydrogens (tertiary/aromatic N) is 1. The Balaban J connectivity index is 1.83. The lowest BCUT2D eigenvalue weighted by Crippen LogP contribution is -2.35. The minimum absolute atomic E-state index is 0.0897. The molecule has 1 saturated heterocycles. The first-order chi connectivity index (χ1) is 11.3. The van der Waals surface area contributed by atoms with E-state index in [0.29, 0.717) is 0 Å². The minimum atomic E-state index is 0.0897. The minimum Gasteiger partial charge on any atom is -0.361 e. The van der Waals surface area contributed by atoms with Crippen LogP contribution in [0.1, 0.15) is 23.5 Å². The second-order valence-corrected chi connectivity index (χ2v) is 6.72.